The molecule has 3 heterocycles. The first-order valence-electron chi connectivity index (χ1n) is 15.6. The van der Waals surface area contributed by atoms with Crippen LogP contribution in [0.2, 0.25) is 0 Å². The molecule has 45 heavy (non-hydrogen) atoms. The van der Waals surface area contributed by atoms with Crippen LogP contribution in [0.15, 0.2) is 49.1 Å². The predicted molar refractivity (Wildman–Crippen MR) is 170 cm³/mol. The topological polar surface area (TPSA) is 88.8 Å². The van der Waals surface area contributed by atoms with E-state index in [1.165, 1.54) is 22.4 Å². The lowest BCUT2D eigenvalue weighted by molar-refractivity contribution is -0.128. The van der Waals surface area contributed by atoms with Gasteiger partial charge in [0.1, 0.15) is 12.4 Å². The van der Waals surface area contributed by atoms with Gasteiger partial charge in [-0.15, -0.1) is 0 Å². The Kier molecular flexibility index (Phi) is 8.60. The van der Waals surface area contributed by atoms with Crippen LogP contribution in [-0.2, 0) is 17.8 Å². The van der Waals surface area contributed by atoms with Crippen LogP contribution in [0.1, 0.15) is 36.1 Å². The number of anilines is 2. The quantitative estimate of drug-likeness (QED) is 0.320. The van der Waals surface area contributed by atoms with Crippen molar-refractivity contribution < 1.29 is 18.3 Å². The SMILES string of the molecule is C=CC(=O)N1CCN(c2nc(OCCN(C)C3CC(F)(F)C3)nc3c2CCN(c2cccc4cccc(C)c24)C3)CC1CC#N. The zero-order valence-electron chi connectivity index (χ0n) is 25.9. The smallest absolute Gasteiger partial charge is 0.318 e. The van der Waals surface area contributed by atoms with Gasteiger partial charge in [0.25, 0.3) is 5.92 Å². The van der Waals surface area contributed by atoms with Gasteiger partial charge in [-0.3, -0.25) is 9.69 Å². The maximum absolute atomic E-state index is 13.4. The second-order valence-corrected chi connectivity index (χ2v) is 12.3. The van der Waals surface area contributed by atoms with Crippen LogP contribution in [0, 0.1) is 18.3 Å². The Balaban J connectivity index is 1.28. The van der Waals surface area contributed by atoms with E-state index in [0.29, 0.717) is 32.7 Å². The summed E-state index contributed by atoms with van der Waals surface area (Å²) in [6.45, 7) is 9.32. The third-order valence-electron chi connectivity index (χ3n) is 9.39. The average molecular weight is 616 g/mol. The molecule has 1 aromatic heterocycles. The number of carbonyl (C=O) groups excluding carboxylic acids is 1. The number of aromatic nitrogens is 2. The molecule has 1 saturated carbocycles. The summed E-state index contributed by atoms with van der Waals surface area (Å²) in [5, 5.41) is 11.9. The summed E-state index contributed by atoms with van der Waals surface area (Å²) in [6, 6.07) is 14.7. The monoisotopic (exact) mass is 615 g/mol. The number of benzene rings is 2. The molecular weight excluding hydrogens is 576 g/mol. The fourth-order valence-electron chi connectivity index (χ4n) is 6.83. The normalized spacial score (nSPS) is 19.6. The van der Waals surface area contributed by atoms with Crippen molar-refractivity contribution in [3.8, 4) is 12.1 Å². The molecule has 2 aliphatic heterocycles. The maximum Gasteiger partial charge on any atom is 0.318 e. The highest BCUT2D eigenvalue weighted by Gasteiger charge is 2.46. The number of nitrogens with zero attached hydrogens (tertiary/aromatic N) is 7. The van der Waals surface area contributed by atoms with Gasteiger partial charge in [0, 0.05) is 68.2 Å². The minimum Gasteiger partial charge on any atom is -0.462 e. The Morgan fingerprint density at radius 2 is 1.96 bits per heavy atom. The third-order valence-corrected chi connectivity index (χ3v) is 9.39. The van der Waals surface area contributed by atoms with E-state index >= 15 is 0 Å². The van der Waals surface area contributed by atoms with Gasteiger partial charge >= 0.3 is 6.01 Å². The summed E-state index contributed by atoms with van der Waals surface area (Å²) >= 11 is 0. The first-order chi connectivity index (χ1) is 21.7. The first-order valence-corrected chi connectivity index (χ1v) is 15.6. The lowest BCUT2D eigenvalue weighted by Gasteiger charge is -2.42. The van der Waals surface area contributed by atoms with E-state index in [2.05, 4.69) is 65.8 Å². The first kappa shape index (κ1) is 30.7. The minimum atomic E-state index is -2.57. The fourth-order valence-corrected chi connectivity index (χ4v) is 6.83. The van der Waals surface area contributed by atoms with Crippen LogP contribution >= 0.6 is 0 Å². The Hall–Kier alpha value is -4.30. The highest BCUT2D eigenvalue weighted by atomic mass is 19.3. The largest absolute Gasteiger partial charge is 0.462 e. The number of fused-ring (bicyclic) bond motifs is 2. The van der Waals surface area contributed by atoms with E-state index in [0.717, 1.165) is 35.7 Å². The molecule has 0 N–H and O–H groups in total. The molecule has 0 spiro atoms. The van der Waals surface area contributed by atoms with Crippen LogP contribution in [0.5, 0.6) is 6.01 Å². The summed E-state index contributed by atoms with van der Waals surface area (Å²) in [6.07, 6.45) is 1.96. The van der Waals surface area contributed by atoms with E-state index in [4.69, 9.17) is 14.7 Å². The molecule has 11 heteroatoms. The summed E-state index contributed by atoms with van der Waals surface area (Å²) in [4.78, 5) is 30.4. The van der Waals surface area contributed by atoms with E-state index < -0.39 is 5.92 Å². The lowest BCUT2D eigenvalue weighted by Crippen LogP contribution is -2.55. The lowest BCUT2D eigenvalue weighted by atomic mass is 9.87. The van der Waals surface area contributed by atoms with Crippen molar-refractivity contribution in [2.75, 3.05) is 56.2 Å². The van der Waals surface area contributed by atoms with Crippen LogP contribution in [0.25, 0.3) is 10.8 Å². The molecule has 1 amide bonds. The Labute approximate surface area is 262 Å². The second kappa shape index (κ2) is 12.6. The number of amides is 1. The van der Waals surface area contributed by atoms with E-state index in [1.807, 2.05) is 11.9 Å². The van der Waals surface area contributed by atoms with Gasteiger partial charge in [-0.2, -0.15) is 15.2 Å². The predicted octanol–water partition coefficient (Wildman–Crippen LogP) is 4.73. The van der Waals surface area contributed by atoms with Crippen molar-refractivity contribution >= 4 is 28.2 Å². The van der Waals surface area contributed by atoms with Gasteiger partial charge in [-0.1, -0.05) is 36.9 Å². The number of rotatable bonds is 9. The van der Waals surface area contributed by atoms with Gasteiger partial charge in [-0.05, 0) is 43.5 Å². The third kappa shape index (κ3) is 6.29. The van der Waals surface area contributed by atoms with Crippen molar-refractivity contribution in [1.29, 1.82) is 5.26 Å². The van der Waals surface area contributed by atoms with Crippen LogP contribution in [0.4, 0.5) is 20.3 Å². The van der Waals surface area contributed by atoms with Gasteiger partial charge in [0.2, 0.25) is 5.91 Å². The average Bonchev–Trinajstić information content (AvgIpc) is 3.02. The van der Waals surface area contributed by atoms with Crippen molar-refractivity contribution in [3.63, 3.8) is 0 Å². The van der Waals surface area contributed by atoms with Gasteiger partial charge in [0.05, 0.1) is 30.8 Å². The zero-order valence-corrected chi connectivity index (χ0v) is 25.9. The number of ether oxygens (including phenoxy) is 1. The number of hydrogen-bond acceptors (Lipinski definition) is 8. The molecule has 3 aromatic rings. The van der Waals surface area contributed by atoms with Gasteiger partial charge in [-0.25, -0.2) is 8.78 Å². The Bertz CT molecular complexity index is 1630. The highest BCUT2D eigenvalue weighted by molar-refractivity contribution is 5.97. The molecule has 0 bridgehead atoms. The van der Waals surface area contributed by atoms with Crippen LogP contribution in [0.3, 0.4) is 0 Å². The second-order valence-electron chi connectivity index (χ2n) is 12.3. The van der Waals surface area contributed by atoms with Crippen molar-refractivity contribution in [2.24, 2.45) is 0 Å². The summed E-state index contributed by atoms with van der Waals surface area (Å²) in [7, 11) is 1.84. The van der Waals surface area contributed by atoms with Gasteiger partial charge < -0.3 is 19.4 Å². The molecule has 2 aromatic carbocycles. The number of alkyl halides is 2. The van der Waals surface area contributed by atoms with E-state index in [1.54, 1.807) is 4.90 Å². The molecule has 1 aliphatic carbocycles. The Morgan fingerprint density at radius 1 is 1.18 bits per heavy atom. The number of carbonyl (C=O) groups is 1. The number of hydrogen-bond donors (Lipinski definition) is 0. The molecule has 9 nitrogen and oxygen atoms in total. The van der Waals surface area contributed by atoms with Crippen molar-refractivity contribution in [3.05, 3.63) is 65.9 Å². The molecule has 1 atom stereocenters. The van der Waals surface area contributed by atoms with E-state index in [9.17, 15) is 18.8 Å². The molecule has 236 valence electrons. The Morgan fingerprint density at radius 3 is 2.69 bits per heavy atom. The van der Waals surface area contributed by atoms with Crippen LogP contribution in [-0.4, -0.2) is 90.1 Å². The summed E-state index contributed by atoms with van der Waals surface area (Å²) < 4.78 is 32.9. The molecule has 3 aliphatic rings. The molecule has 1 unspecified atom stereocenters. The molecular formula is C34H39F2N7O2. The zero-order chi connectivity index (χ0) is 31.7. The molecule has 0 radical (unpaired) electrons. The number of halogens is 2. The molecule has 2 fully saturated rings. The number of piperazine rings is 1. The van der Waals surface area contributed by atoms with E-state index in [-0.39, 0.29) is 49.9 Å². The number of aryl methyl sites for hydroxylation is 1. The standard InChI is InChI=1S/C34H39F2N7O2/c1-4-30(44)43-16-15-42(21-25(43)11-13-37)32-27-12-14-41(29-10-6-9-24-8-5-7-23(2)31(24)29)22-28(27)38-33(39-32)45-18-17-40(3)26-19-34(35,36)20-26/h4-10,25-26H,1,11-12,14-22H2,2-3H3. The number of nitriles is 1. The maximum atomic E-state index is 13.4. The number of likely N-dealkylation sites (N-methyl/N-ethyl adjacent to an activating group) is 1. The van der Waals surface area contributed by atoms with Crippen LogP contribution < -0.4 is 14.5 Å². The fraction of sp³-hybridized carbons (Fsp3) is 0.471. The summed E-state index contributed by atoms with van der Waals surface area (Å²) in [5.74, 6) is -1.99. The van der Waals surface area contributed by atoms with Crippen molar-refractivity contribution in [1.82, 2.24) is 19.8 Å². The minimum absolute atomic E-state index is 0.128. The molecule has 1 saturated heterocycles. The van der Waals surface area contributed by atoms with Crippen molar-refractivity contribution in [2.45, 2.75) is 57.2 Å². The highest BCUT2D eigenvalue weighted by Crippen LogP contribution is 2.40. The van der Waals surface area contributed by atoms with Gasteiger partial charge in [0.15, 0.2) is 0 Å². The molecule has 6 rings (SSSR count). The summed E-state index contributed by atoms with van der Waals surface area (Å²) in [5.41, 5.74) is 4.29.